The van der Waals surface area contributed by atoms with E-state index in [4.69, 9.17) is 14.7 Å². The summed E-state index contributed by atoms with van der Waals surface area (Å²) in [5.74, 6) is 1.01. The van der Waals surface area contributed by atoms with Crippen molar-refractivity contribution in [2.45, 2.75) is 32.2 Å². The Morgan fingerprint density at radius 3 is 2.58 bits per heavy atom. The quantitative estimate of drug-likeness (QED) is 0.610. The lowest BCUT2D eigenvalue weighted by molar-refractivity contribution is 0.205. The van der Waals surface area contributed by atoms with Gasteiger partial charge >= 0.3 is 6.03 Å². The van der Waals surface area contributed by atoms with Gasteiger partial charge in [-0.3, -0.25) is 0 Å². The smallest absolute Gasteiger partial charge is 0.322 e. The number of carbonyl (C=O) groups is 1. The molecule has 0 unspecified atom stereocenters. The Morgan fingerprint density at radius 2 is 1.79 bits per heavy atom. The number of amides is 2. The molecule has 5 rings (SSSR count). The number of urea groups is 1. The number of carbonyl (C=O) groups excluding carboxylic acids is 1. The first kappa shape index (κ1) is 21.2. The number of aromatic nitrogens is 2. The number of nitrogens with zero attached hydrogens (tertiary/aromatic N) is 4. The van der Waals surface area contributed by atoms with Gasteiger partial charge in [0.1, 0.15) is 11.6 Å². The molecule has 0 radical (unpaired) electrons. The molecule has 170 valence electrons. The Labute approximate surface area is 192 Å². The Morgan fingerprint density at radius 1 is 0.970 bits per heavy atom. The van der Waals surface area contributed by atoms with Crippen LogP contribution in [0.15, 0.2) is 54.6 Å². The molecule has 2 aromatic carbocycles. The largest absolute Gasteiger partial charge is 0.438 e. The van der Waals surface area contributed by atoms with Crippen molar-refractivity contribution in [3.8, 4) is 11.6 Å². The monoisotopic (exact) mass is 447 g/mol. The highest BCUT2D eigenvalue weighted by Gasteiger charge is 2.28. The van der Waals surface area contributed by atoms with E-state index in [2.05, 4.69) is 10.2 Å². The molecule has 0 saturated carbocycles. The van der Waals surface area contributed by atoms with Gasteiger partial charge in [-0.25, -0.2) is 14.2 Å². The van der Waals surface area contributed by atoms with Gasteiger partial charge in [0.25, 0.3) is 0 Å². The maximum absolute atomic E-state index is 13.8. The number of piperidine rings is 1. The summed E-state index contributed by atoms with van der Waals surface area (Å²) in [6.07, 6.45) is 4.02. The SMILES string of the molecule is O=C(Nc1ccccc1)N1CCc2nc(N3CCCCC3)nc(Oc3cccc(F)c3)c2C1. The zero-order valence-electron chi connectivity index (χ0n) is 18.3. The highest BCUT2D eigenvalue weighted by molar-refractivity contribution is 5.89. The fourth-order valence-electron chi connectivity index (χ4n) is 4.23. The Kier molecular flexibility index (Phi) is 6.06. The van der Waals surface area contributed by atoms with Crippen LogP contribution in [0.4, 0.5) is 20.8 Å². The van der Waals surface area contributed by atoms with Gasteiger partial charge in [-0.1, -0.05) is 24.3 Å². The first-order chi connectivity index (χ1) is 16.2. The number of para-hydroxylation sites is 1. The predicted octanol–water partition coefficient (Wildman–Crippen LogP) is 4.99. The lowest BCUT2D eigenvalue weighted by Gasteiger charge is -2.32. The van der Waals surface area contributed by atoms with Crippen LogP contribution in [-0.4, -0.2) is 40.5 Å². The molecule has 1 N–H and O–H groups in total. The molecule has 1 saturated heterocycles. The van der Waals surface area contributed by atoms with E-state index < -0.39 is 0 Å². The molecule has 1 aromatic heterocycles. The van der Waals surface area contributed by atoms with Gasteiger partial charge in [0.2, 0.25) is 11.8 Å². The van der Waals surface area contributed by atoms with Crippen LogP contribution in [0.1, 0.15) is 30.5 Å². The van der Waals surface area contributed by atoms with Gasteiger partial charge in [-0.15, -0.1) is 0 Å². The van der Waals surface area contributed by atoms with Gasteiger partial charge < -0.3 is 19.9 Å². The summed E-state index contributed by atoms with van der Waals surface area (Å²) in [6.45, 7) is 2.67. The normalized spacial score (nSPS) is 15.7. The van der Waals surface area contributed by atoms with Crippen molar-refractivity contribution in [1.82, 2.24) is 14.9 Å². The molecule has 7 nitrogen and oxygen atoms in total. The summed E-state index contributed by atoms with van der Waals surface area (Å²) in [5, 5.41) is 2.93. The first-order valence-electron chi connectivity index (χ1n) is 11.3. The minimum absolute atomic E-state index is 0.191. The van der Waals surface area contributed by atoms with Crippen LogP contribution >= 0.6 is 0 Å². The summed E-state index contributed by atoms with van der Waals surface area (Å²) in [7, 11) is 0. The highest BCUT2D eigenvalue weighted by Crippen LogP contribution is 2.32. The van der Waals surface area contributed by atoms with Crippen molar-refractivity contribution >= 4 is 17.7 Å². The standard InChI is InChI=1S/C25H26FN5O2/c26-18-8-7-11-20(16-18)33-23-21-17-31(25(32)27-19-9-3-1-4-10-19)15-12-22(21)28-24(29-23)30-13-5-2-6-14-30/h1,3-4,7-11,16H,2,5-6,12-15,17H2,(H,27,32). The molecule has 0 aliphatic carbocycles. The number of hydrogen-bond donors (Lipinski definition) is 1. The summed E-state index contributed by atoms with van der Waals surface area (Å²) in [5.41, 5.74) is 2.37. The predicted molar refractivity (Wildman–Crippen MR) is 124 cm³/mol. The Hall–Kier alpha value is -3.68. The van der Waals surface area contributed by atoms with Crippen LogP contribution < -0.4 is 15.0 Å². The molecule has 2 aliphatic rings. The van der Waals surface area contributed by atoms with Crippen LogP contribution in [-0.2, 0) is 13.0 Å². The van der Waals surface area contributed by atoms with Crippen molar-refractivity contribution in [3.05, 3.63) is 71.7 Å². The number of hydrogen-bond acceptors (Lipinski definition) is 5. The van der Waals surface area contributed by atoms with E-state index in [1.165, 1.54) is 18.6 Å². The van der Waals surface area contributed by atoms with E-state index in [1.807, 2.05) is 30.3 Å². The minimum atomic E-state index is -0.379. The van der Waals surface area contributed by atoms with Crippen LogP contribution in [0.25, 0.3) is 0 Å². The van der Waals surface area contributed by atoms with Crippen molar-refractivity contribution in [3.63, 3.8) is 0 Å². The second kappa shape index (κ2) is 9.44. The lowest BCUT2D eigenvalue weighted by atomic mass is 10.1. The maximum Gasteiger partial charge on any atom is 0.322 e. The average Bonchev–Trinajstić information content (AvgIpc) is 2.85. The van der Waals surface area contributed by atoms with E-state index in [0.717, 1.165) is 42.9 Å². The number of anilines is 2. The average molecular weight is 448 g/mol. The third-order valence-corrected chi connectivity index (χ3v) is 5.97. The van der Waals surface area contributed by atoms with Crippen LogP contribution in [0.2, 0.25) is 0 Å². The minimum Gasteiger partial charge on any atom is -0.438 e. The summed E-state index contributed by atoms with van der Waals surface area (Å²) >= 11 is 0. The molecule has 33 heavy (non-hydrogen) atoms. The van der Waals surface area contributed by atoms with E-state index in [1.54, 1.807) is 17.0 Å². The van der Waals surface area contributed by atoms with Crippen molar-refractivity contribution in [2.24, 2.45) is 0 Å². The highest BCUT2D eigenvalue weighted by atomic mass is 19.1. The van der Waals surface area contributed by atoms with Crippen molar-refractivity contribution in [1.29, 1.82) is 0 Å². The number of ether oxygens (including phenoxy) is 1. The molecule has 3 heterocycles. The third kappa shape index (κ3) is 4.89. The van der Waals surface area contributed by atoms with E-state index in [-0.39, 0.29) is 11.8 Å². The summed E-state index contributed by atoms with van der Waals surface area (Å²) < 4.78 is 19.8. The third-order valence-electron chi connectivity index (χ3n) is 5.97. The van der Waals surface area contributed by atoms with E-state index in [0.29, 0.717) is 37.1 Å². The Bertz CT molecular complexity index is 1130. The molecule has 2 amide bonds. The van der Waals surface area contributed by atoms with Crippen LogP contribution in [0, 0.1) is 5.82 Å². The van der Waals surface area contributed by atoms with Gasteiger partial charge in [0.15, 0.2) is 0 Å². The van der Waals surface area contributed by atoms with Gasteiger partial charge in [0, 0.05) is 37.8 Å². The fourth-order valence-corrected chi connectivity index (χ4v) is 4.23. The topological polar surface area (TPSA) is 70.6 Å². The van der Waals surface area contributed by atoms with Gasteiger partial charge in [-0.2, -0.15) is 4.98 Å². The number of fused-ring (bicyclic) bond motifs is 1. The van der Waals surface area contributed by atoms with Crippen LogP contribution in [0.5, 0.6) is 11.6 Å². The van der Waals surface area contributed by atoms with Crippen LogP contribution in [0.3, 0.4) is 0 Å². The number of nitrogens with one attached hydrogen (secondary N) is 1. The second-order valence-electron chi connectivity index (χ2n) is 8.33. The molecule has 2 aliphatic heterocycles. The summed E-state index contributed by atoms with van der Waals surface area (Å²) in [4.78, 5) is 26.3. The number of benzene rings is 2. The number of halogens is 1. The maximum atomic E-state index is 13.8. The number of rotatable bonds is 4. The van der Waals surface area contributed by atoms with Crippen molar-refractivity contribution in [2.75, 3.05) is 29.9 Å². The van der Waals surface area contributed by atoms with E-state index in [9.17, 15) is 9.18 Å². The zero-order chi connectivity index (χ0) is 22.6. The van der Waals surface area contributed by atoms with Gasteiger partial charge in [-0.05, 0) is 43.5 Å². The molecule has 0 spiro atoms. The lowest BCUT2D eigenvalue weighted by Crippen LogP contribution is -2.40. The molecule has 1 fully saturated rings. The zero-order valence-corrected chi connectivity index (χ0v) is 18.3. The molecule has 3 aromatic rings. The molecular formula is C25H26FN5O2. The van der Waals surface area contributed by atoms with Gasteiger partial charge in [0.05, 0.1) is 17.8 Å². The molecular weight excluding hydrogens is 421 g/mol. The van der Waals surface area contributed by atoms with Crippen molar-refractivity contribution < 1.29 is 13.9 Å². The Balaban J connectivity index is 1.44. The van der Waals surface area contributed by atoms with E-state index >= 15 is 0 Å². The second-order valence-corrected chi connectivity index (χ2v) is 8.33. The first-order valence-corrected chi connectivity index (χ1v) is 11.3. The summed E-state index contributed by atoms with van der Waals surface area (Å²) in [6, 6.07) is 15.2. The molecule has 8 heteroatoms. The fraction of sp³-hybridized carbons (Fsp3) is 0.320. The molecule has 0 atom stereocenters. The molecule has 0 bridgehead atoms.